The maximum atomic E-state index is 11.7. The number of carboxylic acids is 1. The maximum absolute atomic E-state index is 11.7. The number of anilines is 1. The van der Waals surface area contributed by atoms with Crippen LogP contribution in [0.4, 0.5) is 5.82 Å². The Kier molecular flexibility index (Phi) is 3.78. The van der Waals surface area contributed by atoms with Crippen molar-refractivity contribution in [3.8, 4) is 0 Å². The number of aromatic nitrogens is 4. The van der Waals surface area contributed by atoms with E-state index in [-0.39, 0.29) is 6.54 Å². The first-order valence-electron chi connectivity index (χ1n) is 5.86. The van der Waals surface area contributed by atoms with Crippen LogP contribution < -0.4 is 10.2 Å². The number of likely N-dealkylation sites (N-methyl/N-ethyl adjacent to an activating group) is 1. The Balaban J connectivity index is 2.08. The Morgan fingerprint density at radius 3 is 2.90 bits per heavy atom. The van der Waals surface area contributed by atoms with Gasteiger partial charge in [0.05, 0.1) is 12.9 Å². The molecular formula is C11H14N6O3. The molecule has 0 aliphatic rings. The Morgan fingerprint density at radius 1 is 1.45 bits per heavy atom. The van der Waals surface area contributed by atoms with Gasteiger partial charge in [-0.3, -0.25) is 9.59 Å². The smallest absolute Gasteiger partial charge is 0.325 e. The summed E-state index contributed by atoms with van der Waals surface area (Å²) in [5.41, 5.74) is 1.12. The van der Waals surface area contributed by atoms with Crippen LogP contribution in [0.5, 0.6) is 0 Å². The molecule has 106 valence electrons. The van der Waals surface area contributed by atoms with Gasteiger partial charge in [0.1, 0.15) is 17.9 Å². The largest absolute Gasteiger partial charge is 0.480 e. The molecule has 1 amide bonds. The molecule has 0 spiro atoms. The van der Waals surface area contributed by atoms with Crippen molar-refractivity contribution in [1.29, 1.82) is 0 Å². The van der Waals surface area contributed by atoms with Crippen molar-refractivity contribution in [3.05, 3.63) is 12.7 Å². The fourth-order valence-corrected chi connectivity index (χ4v) is 1.68. The number of hydrogen-bond acceptors (Lipinski definition) is 6. The number of rotatable bonds is 5. The highest BCUT2D eigenvalue weighted by molar-refractivity contribution is 5.89. The molecule has 0 aromatic carbocycles. The number of nitrogens with zero attached hydrogens (tertiary/aromatic N) is 4. The van der Waals surface area contributed by atoms with Gasteiger partial charge < -0.3 is 20.3 Å². The summed E-state index contributed by atoms with van der Waals surface area (Å²) < 4.78 is 0. The number of aliphatic carboxylic acids is 1. The molecule has 0 aliphatic carbocycles. The molecule has 0 fully saturated rings. The standard InChI is InChI=1S/C11H14N6O3/c1-6(11(19)20)16-7(18)3-17(2)10-8-9(13-4-12-8)14-5-15-10/h4-6H,3H2,1-2H3,(H,16,18)(H,19,20)(H,12,13,14,15)/t6-/m1/s1. The molecular weight excluding hydrogens is 264 g/mol. The van der Waals surface area contributed by atoms with E-state index in [0.717, 1.165) is 0 Å². The first kappa shape index (κ1) is 13.7. The van der Waals surface area contributed by atoms with Gasteiger partial charge in [-0.1, -0.05) is 0 Å². The summed E-state index contributed by atoms with van der Waals surface area (Å²) in [5, 5.41) is 11.1. The lowest BCUT2D eigenvalue weighted by Crippen LogP contribution is -2.43. The zero-order chi connectivity index (χ0) is 14.7. The summed E-state index contributed by atoms with van der Waals surface area (Å²) in [5.74, 6) is -0.974. The second kappa shape index (κ2) is 5.51. The number of imidazole rings is 1. The minimum atomic E-state index is -1.08. The fraction of sp³-hybridized carbons (Fsp3) is 0.364. The summed E-state index contributed by atoms with van der Waals surface area (Å²) >= 11 is 0. The average molecular weight is 278 g/mol. The van der Waals surface area contributed by atoms with E-state index in [1.165, 1.54) is 19.6 Å². The molecule has 0 radical (unpaired) electrons. The quantitative estimate of drug-likeness (QED) is 0.665. The summed E-state index contributed by atoms with van der Waals surface area (Å²) in [6, 6.07) is -0.937. The molecule has 0 aliphatic heterocycles. The molecule has 1 atom stereocenters. The van der Waals surface area contributed by atoms with E-state index in [2.05, 4.69) is 25.3 Å². The Labute approximate surface area is 114 Å². The summed E-state index contributed by atoms with van der Waals surface area (Å²) in [7, 11) is 1.67. The number of H-pyrrole nitrogens is 1. The lowest BCUT2D eigenvalue weighted by Gasteiger charge is -2.18. The van der Waals surface area contributed by atoms with Gasteiger partial charge in [-0.15, -0.1) is 0 Å². The van der Waals surface area contributed by atoms with Crippen LogP contribution in [-0.2, 0) is 9.59 Å². The van der Waals surface area contributed by atoms with E-state index in [1.54, 1.807) is 11.9 Å². The molecule has 2 rings (SSSR count). The van der Waals surface area contributed by atoms with Gasteiger partial charge in [-0.25, -0.2) is 15.0 Å². The Hall–Kier alpha value is -2.71. The molecule has 0 bridgehead atoms. The van der Waals surface area contributed by atoms with Crippen LogP contribution in [-0.4, -0.2) is 56.6 Å². The van der Waals surface area contributed by atoms with Crippen LogP contribution in [0.1, 0.15) is 6.92 Å². The highest BCUT2D eigenvalue weighted by Gasteiger charge is 2.17. The first-order chi connectivity index (χ1) is 9.49. The second-order valence-corrected chi connectivity index (χ2v) is 4.28. The van der Waals surface area contributed by atoms with E-state index in [9.17, 15) is 9.59 Å². The number of amides is 1. The summed E-state index contributed by atoms with van der Waals surface area (Å²) in [6.07, 6.45) is 2.84. The molecule has 0 saturated carbocycles. The minimum absolute atomic E-state index is 0.0250. The molecule has 0 saturated heterocycles. The Bertz CT molecular complexity index is 640. The number of hydrogen-bond donors (Lipinski definition) is 3. The van der Waals surface area contributed by atoms with Crippen molar-refractivity contribution < 1.29 is 14.7 Å². The van der Waals surface area contributed by atoms with Crippen molar-refractivity contribution >= 4 is 28.9 Å². The SMILES string of the molecule is C[C@@H](NC(=O)CN(C)c1ncnc2nc[nH]c12)C(=O)O. The molecule has 9 nitrogen and oxygen atoms in total. The number of carboxylic acid groups (broad SMARTS) is 1. The molecule has 2 aromatic rings. The van der Waals surface area contributed by atoms with Crippen LogP contribution in [0.25, 0.3) is 11.2 Å². The molecule has 0 unspecified atom stereocenters. The molecule has 2 aromatic heterocycles. The van der Waals surface area contributed by atoms with E-state index in [1.807, 2.05) is 0 Å². The van der Waals surface area contributed by atoms with Gasteiger partial charge in [-0.2, -0.15) is 0 Å². The predicted octanol–water partition coefficient (Wildman–Crippen LogP) is -0.622. The van der Waals surface area contributed by atoms with Crippen LogP contribution in [0, 0.1) is 0 Å². The Morgan fingerprint density at radius 2 is 2.20 bits per heavy atom. The number of carbonyl (C=O) groups is 2. The highest BCUT2D eigenvalue weighted by atomic mass is 16.4. The van der Waals surface area contributed by atoms with Crippen LogP contribution in [0.15, 0.2) is 12.7 Å². The monoisotopic (exact) mass is 278 g/mol. The van der Waals surface area contributed by atoms with Gasteiger partial charge in [0.15, 0.2) is 11.5 Å². The van der Waals surface area contributed by atoms with E-state index < -0.39 is 17.9 Å². The van der Waals surface area contributed by atoms with Crippen molar-refractivity contribution in [2.75, 3.05) is 18.5 Å². The molecule has 20 heavy (non-hydrogen) atoms. The normalized spacial score (nSPS) is 12.1. The summed E-state index contributed by atoms with van der Waals surface area (Å²) in [4.78, 5) is 39.0. The zero-order valence-corrected chi connectivity index (χ0v) is 11.0. The summed E-state index contributed by atoms with van der Waals surface area (Å²) in [6.45, 7) is 1.38. The van der Waals surface area contributed by atoms with Crippen molar-refractivity contribution in [2.24, 2.45) is 0 Å². The fourth-order valence-electron chi connectivity index (χ4n) is 1.68. The van der Waals surface area contributed by atoms with Crippen LogP contribution in [0.2, 0.25) is 0 Å². The number of nitrogens with one attached hydrogen (secondary N) is 2. The van der Waals surface area contributed by atoms with Gasteiger partial charge >= 0.3 is 5.97 Å². The maximum Gasteiger partial charge on any atom is 0.325 e. The lowest BCUT2D eigenvalue weighted by molar-refractivity contribution is -0.141. The number of carbonyl (C=O) groups excluding carboxylic acids is 1. The van der Waals surface area contributed by atoms with E-state index in [0.29, 0.717) is 17.0 Å². The minimum Gasteiger partial charge on any atom is -0.480 e. The lowest BCUT2D eigenvalue weighted by atomic mass is 10.3. The van der Waals surface area contributed by atoms with Gasteiger partial charge in [0.2, 0.25) is 5.91 Å². The van der Waals surface area contributed by atoms with E-state index >= 15 is 0 Å². The topological polar surface area (TPSA) is 124 Å². The zero-order valence-electron chi connectivity index (χ0n) is 11.0. The van der Waals surface area contributed by atoms with Crippen molar-refractivity contribution in [3.63, 3.8) is 0 Å². The highest BCUT2D eigenvalue weighted by Crippen LogP contribution is 2.17. The predicted molar refractivity (Wildman–Crippen MR) is 70.2 cm³/mol. The molecule has 9 heteroatoms. The van der Waals surface area contributed by atoms with E-state index in [4.69, 9.17) is 5.11 Å². The number of aromatic amines is 1. The van der Waals surface area contributed by atoms with Gasteiger partial charge in [-0.05, 0) is 6.92 Å². The van der Waals surface area contributed by atoms with Gasteiger partial charge in [0, 0.05) is 7.05 Å². The third kappa shape index (κ3) is 2.82. The first-order valence-corrected chi connectivity index (χ1v) is 5.86. The van der Waals surface area contributed by atoms with Gasteiger partial charge in [0.25, 0.3) is 0 Å². The second-order valence-electron chi connectivity index (χ2n) is 4.28. The third-order valence-corrected chi connectivity index (χ3v) is 2.69. The molecule has 3 N–H and O–H groups in total. The average Bonchev–Trinajstić information content (AvgIpc) is 2.85. The third-order valence-electron chi connectivity index (χ3n) is 2.69. The van der Waals surface area contributed by atoms with Crippen molar-refractivity contribution in [2.45, 2.75) is 13.0 Å². The van der Waals surface area contributed by atoms with Crippen LogP contribution >= 0.6 is 0 Å². The number of fused-ring (bicyclic) bond motifs is 1. The van der Waals surface area contributed by atoms with Crippen molar-refractivity contribution in [1.82, 2.24) is 25.3 Å². The van der Waals surface area contributed by atoms with Crippen LogP contribution in [0.3, 0.4) is 0 Å². The molecule has 2 heterocycles.